The number of phenols is 1. The third-order valence-electron chi connectivity index (χ3n) is 6.58. The molecule has 152 valence electrons. The summed E-state index contributed by atoms with van der Waals surface area (Å²) in [5.74, 6) is 0.206. The van der Waals surface area contributed by atoms with Crippen molar-refractivity contribution in [2.24, 2.45) is 11.3 Å². The smallest absolute Gasteiger partial charge is 0.320 e. The molecule has 7 nitrogen and oxygen atoms in total. The highest BCUT2D eigenvalue weighted by molar-refractivity contribution is 5.81. The standard InChI is InChI=1S/C21H28N2O5/c1-28-18-10-14(2-5-17(18)24)12-23-13-21(11-16(23)20(26)27)6-8-22(9-7-21)19(25)15-3-4-15/h2,5,10,15-16,24H,3-4,6-9,11-13H2,1H3,(H,26,27)/t16-/m0/s1. The Labute approximate surface area is 164 Å². The van der Waals surface area contributed by atoms with Crippen molar-refractivity contribution in [2.45, 2.75) is 44.7 Å². The molecular formula is C21H28N2O5. The highest BCUT2D eigenvalue weighted by Crippen LogP contribution is 2.45. The minimum atomic E-state index is -0.792. The fourth-order valence-corrected chi connectivity index (χ4v) is 4.76. The van der Waals surface area contributed by atoms with Crippen molar-refractivity contribution in [2.75, 3.05) is 26.7 Å². The van der Waals surface area contributed by atoms with Crippen molar-refractivity contribution < 1.29 is 24.5 Å². The summed E-state index contributed by atoms with van der Waals surface area (Å²) < 4.78 is 5.17. The minimum Gasteiger partial charge on any atom is -0.504 e. The second-order valence-electron chi connectivity index (χ2n) is 8.57. The predicted octanol–water partition coefficient (Wildman–Crippen LogP) is 2.08. The van der Waals surface area contributed by atoms with Crippen LogP contribution in [0.3, 0.4) is 0 Å². The monoisotopic (exact) mass is 388 g/mol. The highest BCUT2D eigenvalue weighted by atomic mass is 16.5. The van der Waals surface area contributed by atoms with Crippen LogP contribution in [-0.2, 0) is 16.1 Å². The van der Waals surface area contributed by atoms with Crippen molar-refractivity contribution in [1.82, 2.24) is 9.80 Å². The van der Waals surface area contributed by atoms with Gasteiger partial charge >= 0.3 is 5.97 Å². The lowest BCUT2D eigenvalue weighted by Crippen LogP contribution is -2.44. The van der Waals surface area contributed by atoms with E-state index in [9.17, 15) is 19.8 Å². The number of benzene rings is 1. The molecule has 0 aromatic heterocycles. The number of piperidine rings is 1. The number of carboxylic acids is 1. The first-order valence-electron chi connectivity index (χ1n) is 10.0. The van der Waals surface area contributed by atoms with Gasteiger partial charge in [-0.3, -0.25) is 14.5 Å². The third kappa shape index (κ3) is 3.68. The maximum Gasteiger partial charge on any atom is 0.320 e. The molecular weight excluding hydrogens is 360 g/mol. The number of carboxylic acid groups (broad SMARTS) is 1. The largest absolute Gasteiger partial charge is 0.504 e. The van der Waals surface area contributed by atoms with Gasteiger partial charge in [0.1, 0.15) is 6.04 Å². The quantitative estimate of drug-likeness (QED) is 0.803. The van der Waals surface area contributed by atoms with Crippen LogP contribution in [0.4, 0.5) is 0 Å². The normalized spacial score (nSPS) is 24.5. The highest BCUT2D eigenvalue weighted by Gasteiger charge is 2.49. The van der Waals surface area contributed by atoms with E-state index < -0.39 is 12.0 Å². The van der Waals surface area contributed by atoms with E-state index in [2.05, 4.69) is 0 Å². The van der Waals surface area contributed by atoms with Crippen molar-refractivity contribution in [1.29, 1.82) is 0 Å². The van der Waals surface area contributed by atoms with Crippen molar-refractivity contribution in [3.63, 3.8) is 0 Å². The number of carbonyl (C=O) groups is 2. The van der Waals surface area contributed by atoms with Crippen LogP contribution in [0.2, 0.25) is 0 Å². The molecule has 0 radical (unpaired) electrons. The summed E-state index contributed by atoms with van der Waals surface area (Å²) >= 11 is 0. The Morgan fingerprint density at radius 1 is 1.25 bits per heavy atom. The van der Waals surface area contributed by atoms with E-state index in [1.807, 2.05) is 9.80 Å². The number of amides is 1. The van der Waals surface area contributed by atoms with E-state index in [1.54, 1.807) is 18.2 Å². The summed E-state index contributed by atoms with van der Waals surface area (Å²) in [4.78, 5) is 28.2. The molecule has 0 unspecified atom stereocenters. The van der Waals surface area contributed by atoms with Gasteiger partial charge in [0.2, 0.25) is 5.91 Å². The molecule has 1 saturated carbocycles. The van der Waals surface area contributed by atoms with Crippen LogP contribution in [-0.4, -0.2) is 64.7 Å². The van der Waals surface area contributed by atoms with Gasteiger partial charge in [-0.2, -0.15) is 0 Å². The van der Waals surface area contributed by atoms with E-state index in [0.29, 0.717) is 18.7 Å². The Morgan fingerprint density at radius 2 is 1.96 bits per heavy atom. The number of carbonyl (C=O) groups excluding carboxylic acids is 1. The Bertz CT molecular complexity index is 768. The topological polar surface area (TPSA) is 90.3 Å². The first-order valence-corrected chi connectivity index (χ1v) is 10.0. The van der Waals surface area contributed by atoms with E-state index in [0.717, 1.165) is 50.9 Å². The molecule has 28 heavy (non-hydrogen) atoms. The maximum absolute atomic E-state index is 12.3. The van der Waals surface area contributed by atoms with Crippen LogP contribution in [0.5, 0.6) is 11.5 Å². The number of nitrogens with zero attached hydrogens (tertiary/aromatic N) is 2. The number of phenolic OH excluding ortho intramolecular Hbond substituents is 1. The fraction of sp³-hybridized carbons (Fsp3) is 0.619. The van der Waals surface area contributed by atoms with Crippen LogP contribution < -0.4 is 4.74 Å². The van der Waals surface area contributed by atoms with E-state index in [-0.39, 0.29) is 23.0 Å². The van der Waals surface area contributed by atoms with Crippen molar-refractivity contribution >= 4 is 11.9 Å². The number of aliphatic carboxylic acids is 1. The molecule has 1 aliphatic carbocycles. The average Bonchev–Trinajstić information content (AvgIpc) is 3.47. The third-order valence-corrected chi connectivity index (χ3v) is 6.58. The van der Waals surface area contributed by atoms with Gasteiger partial charge in [-0.05, 0) is 55.2 Å². The Kier molecular flexibility index (Phi) is 4.95. The van der Waals surface area contributed by atoms with Crippen LogP contribution in [0.15, 0.2) is 18.2 Å². The van der Waals surface area contributed by atoms with Crippen LogP contribution in [0.25, 0.3) is 0 Å². The summed E-state index contributed by atoms with van der Waals surface area (Å²) in [6.07, 6.45) is 4.40. The molecule has 2 heterocycles. The molecule has 3 fully saturated rings. The molecule has 1 aromatic carbocycles. The Balaban J connectivity index is 1.45. The number of hydrogen-bond acceptors (Lipinski definition) is 5. The van der Waals surface area contributed by atoms with Crippen molar-refractivity contribution in [3.8, 4) is 11.5 Å². The molecule has 1 atom stereocenters. The second-order valence-corrected chi connectivity index (χ2v) is 8.57. The fourth-order valence-electron chi connectivity index (χ4n) is 4.76. The number of ether oxygens (including phenoxy) is 1. The lowest BCUT2D eigenvalue weighted by Gasteiger charge is -2.39. The molecule has 1 aromatic rings. The van der Waals surface area contributed by atoms with Gasteiger partial charge in [0, 0.05) is 32.1 Å². The molecule has 3 aliphatic rings. The number of rotatable bonds is 5. The number of aromatic hydroxyl groups is 1. The summed E-state index contributed by atoms with van der Waals surface area (Å²) in [5.41, 5.74) is 0.879. The van der Waals surface area contributed by atoms with E-state index in [4.69, 9.17) is 4.74 Å². The molecule has 2 aliphatic heterocycles. The summed E-state index contributed by atoms with van der Waals surface area (Å²) in [6, 6.07) is 4.62. The van der Waals surface area contributed by atoms with E-state index in [1.165, 1.54) is 7.11 Å². The molecule has 7 heteroatoms. The molecule has 2 saturated heterocycles. The molecule has 1 amide bonds. The summed E-state index contributed by atoms with van der Waals surface area (Å²) in [5, 5.41) is 19.6. The van der Waals surface area contributed by atoms with Crippen LogP contribution >= 0.6 is 0 Å². The maximum atomic E-state index is 12.3. The zero-order chi connectivity index (χ0) is 19.9. The van der Waals surface area contributed by atoms with Crippen LogP contribution in [0.1, 0.15) is 37.7 Å². The van der Waals surface area contributed by atoms with Gasteiger partial charge in [0.05, 0.1) is 7.11 Å². The Morgan fingerprint density at radius 3 is 2.57 bits per heavy atom. The van der Waals surface area contributed by atoms with Gasteiger partial charge in [-0.1, -0.05) is 6.07 Å². The molecule has 4 rings (SSSR count). The number of methoxy groups -OCH3 is 1. The average molecular weight is 388 g/mol. The molecule has 2 N–H and O–H groups in total. The number of hydrogen-bond donors (Lipinski definition) is 2. The molecule has 0 bridgehead atoms. The summed E-state index contributed by atoms with van der Waals surface area (Å²) in [6.45, 7) is 2.70. The summed E-state index contributed by atoms with van der Waals surface area (Å²) in [7, 11) is 1.50. The number of likely N-dealkylation sites (tertiary alicyclic amines) is 2. The predicted molar refractivity (Wildman–Crippen MR) is 102 cm³/mol. The zero-order valence-corrected chi connectivity index (χ0v) is 16.3. The van der Waals surface area contributed by atoms with Crippen LogP contribution in [0, 0.1) is 11.3 Å². The Hall–Kier alpha value is -2.28. The van der Waals surface area contributed by atoms with Crippen molar-refractivity contribution in [3.05, 3.63) is 23.8 Å². The molecule has 1 spiro atoms. The first kappa shape index (κ1) is 19.1. The van der Waals surface area contributed by atoms with Gasteiger partial charge in [0.25, 0.3) is 0 Å². The lowest BCUT2D eigenvalue weighted by molar-refractivity contribution is -0.142. The second kappa shape index (κ2) is 7.28. The van der Waals surface area contributed by atoms with Gasteiger partial charge < -0.3 is 19.8 Å². The zero-order valence-electron chi connectivity index (χ0n) is 16.3. The lowest BCUT2D eigenvalue weighted by atomic mass is 9.76. The SMILES string of the molecule is COc1cc(CN2CC3(CCN(C(=O)C4CC4)CC3)C[C@H]2C(=O)O)ccc1O. The van der Waals surface area contributed by atoms with Gasteiger partial charge in [-0.15, -0.1) is 0 Å². The van der Waals surface area contributed by atoms with E-state index >= 15 is 0 Å². The van der Waals surface area contributed by atoms with Gasteiger partial charge in [-0.25, -0.2) is 0 Å². The van der Waals surface area contributed by atoms with Gasteiger partial charge in [0.15, 0.2) is 11.5 Å². The first-order chi connectivity index (χ1) is 13.4. The minimum absolute atomic E-state index is 0.0373.